The van der Waals surface area contributed by atoms with Crippen molar-refractivity contribution >= 4 is 34.3 Å². The van der Waals surface area contributed by atoms with Crippen LogP contribution in [0.5, 0.6) is 0 Å². The van der Waals surface area contributed by atoms with E-state index in [-0.39, 0.29) is 0 Å². The molecule has 0 aliphatic carbocycles. The van der Waals surface area contributed by atoms with Crippen LogP contribution in [0.3, 0.4) is 0 Å². The van der Waals surface area contributed by atoms with Gasteiger partial charge in [-0.1, -0.05) is 6.07 Å². The summed E-state index contributed by atoms with van der Waals surface area (Å²) in [7, 11) is 0. The highest BCUT2D eigenvalue weighted by Crippen LogP contribution is 2.13. The number of ether oxygens (including phenoxy) is 1. The Bertz CT molecular complexity index is 413. The highest BCUT2D eigenvalue weighted by Gasteiger charge is 2.01. The minimum atomic E-state index is 0.478. The van der Waals surface area contributed by atoms with Crippen molar-refractivity contribution in [3.8, 4) is 0 Å². The minimum absolute atomic E-state index is 0.478. The molecule has 86 valence electrons. The van der Waals surface area contributed by atoms with Gasteiger partial charge in [0.05, 0.1) is 24.8 Å². The van der Waals surface area contributed by atoms with Gasteiger partial charge in [-0.15, -0.1) is 34.3 Å². The molecule has 0 amide bonds. The highest BCUT2D eigenvalue weighted by atomic mass is 35.5. The van der Waals surface area contributed by atoms with Crippen molar-refractivity contribution < 1.29 is 4.74 Å². The zero-order valence-corrected chi connectivity index (χ0v) is 11.1. The van der Waals surface area contributed by atoms with E-state index in [0.29, 0.717) is 12.5 Å². The summed E-state index contributed by atoms with van der Waals surface area (Å²) in [4.78, 5) is 5.69. The molecule has 2 heterocycles. The Morgan fingerprint density at radius 1 is 1.38 bits per heavy atom. The normalized spacial score (nSPS) is 10.8. The summed E-state index contributed by atoms with van der Waals surface area (Å²) in [6.45, 7) is 1.34. The first-order valence-electron chi connectivity index (χ1n) is 4.98. The van der Waals surface area contributed by atoms with E-state index < -0.39 is 0 Å². The number of rotatable bonds is 6. The van der Waals surface area contributed by atoms with E-state index in [4.69, 9.17) is 16.3 Å². The number of alkyl halides is 1. The number of halogens is 1. The van der Waals surface area contributed by atoms with Gasteiger partial charge in [0.15, 0.2) is 0 Å². The third-order valence-electron chi connectivity index (χ3n) is 2.03. The van der Waals surface area contributed by atoms with Crippen LogP contribution in [-0.2, 0) is 23.6 Å². The van der Waals surface area contributed by atoms with Crippen LogP contribution in [0.2, 0.25) is 0 Å². The second kappa shape index (κ2) is 6.35. The fraction of sp³-hybridized carbons (Fsp3) is 0.364. The first-order valence-corrected chi connectivity index (χ1v) is 7.27. The Kier molecular flexibility index (Phi) is 4.78. The summed E-state index contributed by atoms with van der Waals surface area (Å²) >= 11 is 9.04. The maximum Gasteiger partial charge on any atom is 0.119 e. The Morgan fingerprint density at radius 3 is 3.00 bits per heavy atom. The maximum atomic E-state index is 5.67. The lowest BCUT2D eigenvalue weighted by atomic mass is 10.4. The summed E-state index contributed by atoms with van der Waals surface area (Å²) in [6.07, 6.45) is 0.978. The number of thiophene rings is 1. The number of hydrogen-bond donors (Lipinski definition) is 0. The molecule has 0 radical (unpaired) electrons. The lowest BCUT2D eigenvalue weighted by molar-refractivity contribution is 0.124. The van der Waals surface area contributed by atoms with Crippen LogP contribution in [0, 0.1) is 0 Å². The van der Waals surface area contributed by atoms with Gasteiger partial charge in [-0.25, -0.2) is 4.98 Å². The first-order chi connectivity index (χ1) is 7.88. The Hall–Kier alpha value is -0.420. The summed E-state index contributed by atoms with van der Waals surface area (Å²) in [6, 6.07) is 4.19. The van der Waals surface area contributed by atoms with Gasteiger partial charge in [0, 0.05) is 16.7 Å². The molecule has 0 bridgehead atoms. The molecule has 2 nitrogen and oxygen atoms in total. The van der Waals surface area contributed by atoms with Crippen LogP contribution >= 0.6 is 34.3 Å². The second-order valence-corrected chi connectivity index (χ2v) is 5.49. The number of thiazole rings is 1. The quantitative estimate of drug-likeness (QED) is 0.591. The van der Waals surface area contributed by atoms with Gasteiger partial charge in [0.1, 0.15) is 5.01 Å². The molecule has 0 saturated carbocycles. The molecule has 2 rings (SSSR count). The van der Waals surface area contributed by atoms with Crippen LogP contribution in [0.4, 0.5) is 0 Å². The standard InChI is InChI=1S/C11H12ClNOS2/c12-6-9-8-16-11(13-9)7-14-4-3-10-2-1-5-15-10/h1-2,5,8H,3-4,6-7H2. The predicted molar refractivity (Wildman–Crippen MR) is 69.4 cm³/mol. The molecule has 2 aromatic rings. The maximum absolute atomic E-state index is 5.67. The molecule has 0 N–H and O–H groups in total. The van der Waals surface area contributed by atoms with E-state index in [1.807, 2.05) is 5.38 Å². The monoisotopic (exact) mass is 273 g/mol. The van der Waals surface area contributed by atoms with Crippen molar-refractivity contribution in [3.63, 3.8) is 0 Å². The third kappa shape index (κ3) is 3.56. The van der Waals surface area contributed by atoms with Crippen molar-refractivity contribution in [1.29, 1.82) is 0 Å². The van der Waals surface area contributed by atoms with Gasteiger partial charge < -0.3 is 4.74 Å². The van der Waals surface area contributed by atoms with Crippen LogP contribution in [0.1, 0.15) is 15.6 Å². The van der Waals surface area contributed by atoms with Gasteiger partial charge in [-0.05, 0) is 11.4 Å². The van der Waals surface area contributed by atoms with Gasteiger partial charge in [0.25, 0.3) is 0 Å². The molecular formula is C11H12ClNOS2. The van der Waals surface area contributed by atoms with E-state index in [1.54, 1.807) is 22.7 Å². The summed E-state index contributed by atoms with van der Waals surface area (Å²) in [5.74, 6) is 0.478. The van der Waals surface area contributed by atoms with Crippen molar-refractivity contribution in [3.05, 3.63) is 38.5 Å². The largest absolute Gasteiger partial charge is 0.374 e. The zero-order chi connectivity index (χ0) is 11.2. The Morgan fingerprint density at radius 2 is 2.31 bits per heavy atom. The minimum Gasteiger partial charge on any atom is -0.374 e. The zero-order valence-electron chi connectivity index (χ0n) is 8.69. The van der Waals surface area contributed by atoms with E-state index in [0.717, 1.165) is 23.7 Å². The predicted octanol–water partition coefficient (Wildman–Crippen LogP) is 3.70. The van der Waals surface area contributed by atoms with Crippen LogP contribution in [0.25, 0.3) is 0 Å². The average molecular weight is 274 g/mol. The van der Waals surface area contributed by atoms with Gasteiger partial charge >= 0.3 is 0 Å². The fourth-order valence-corrected chi connectivity index (χ4v) is 2.91. The molecule has 0 aliphatic heterocycles. The van der Waals surface area contributed by atoms with E-state index in [9.17, 15) is 0 Å². The lowest BCUT2D eigenvalue weighted by Gasteiger charge is -1.99. The van der Waals surface area contributed by atoms with Crippen molar-refractivity contribution in [1.82, 2.24) is 4.98 Å². The van der Waals surface area contributed by atoms with Gasteiger partial charge in [-0.3, -0.25) is 0 Å². The van der Waals surface area contributed by atoms with Crippen LogP contribution in [0.15, 0.2) is 22.9 Å². The topological polar surface area (TPSA) is 22.1 Å². The summed E-state index contributed by atoms with van der Waals surface area (Å²) in [5, 5.41) is 5.07. The molecule has 2 aromatic heterocycles. The second-order valence-electron chi connectivity index (χ2n) is 3.25. The molecule has 0 fully saturated rings. The van der Waals surface area contributed by atoms with Gasteiger partial charge in [0.2, 0.25) is 0 Å². The first kappa shape index (κ1) is 12.0. The average Bonchev–Trinajstić information content (AvgIpc) is 2.95. The molecule has 0 spiro atoms. The number of hydrogen-bond acceptors (Lipinski definition) is 4. The molecular weight excluding hydrogens is 262 g/mol. The molecule has 0 aliphatic rings. The van der Waals surface area contributed by atoms with Crippen molar-refractivity contribution in [2.75, 3.05) is 6.61 Å². The molecule has 0 atom stereocenters. The summed E-state index contributed by atoms with van der Waals surface area (Å²) < 4.78 is 5.56. The number of nitrogens with zero attached hydrogens (tertiary/aromatic N) is 1. The Balaban J connectivity index is 1.68. The summed E-state index contributed by atoms with van der Waals surface area (Å²) in [5.41, 5.74) is 0.934. The molecule has 0 unspecified atom stereocenters. The van der Waals surface area contributed by atoms with E-state index in [1.165, 1.54) is 4.88 Å². The van der Waals surface area contributed by atoms with E-state index >= 15 is 0 Å². The third-order valence-corrected chi connectivity index (χ3v) is 4.12. The SMILES string of the molecule is ClCc1csc(COCCc2cccs2)n1. The fourth-order valence-electron chi connectivity index (χ4n) is 1.26. The van der Waals surface area contributed by atoms with Crippen LogP contribution < -0.4 is 0 Å². The highest BCUT2D eigenvalue weighted by molar-refractivity contribution is 7.10. The van der Waals surface area contributed by atoms with Crippen LogP contribution in [-0.4, -0.2) is 11.6 Å². The van der Waals surface area contributed by atoms with Crippen molar-refractivity contribution in [2.24, 2.45) is 0 Å². The lowest BCUT2D eigenvalue weighted by Crippen LogP contribution is -1.97. The molecule has 0 saturated heterocycles. The molecule has 16 heavy (non-hydrogen) atoms. The molecule has 5 heteroatoms. The molecule has 0 aromatic carbocycles. The Labute approximate surface area is 108 Å². The van der Waals surface area contributed by atoms with E-state index in [2.05, 4.69) is 22.5 Å². The number of aromatic nitrogens is 1. The van der Waals surface area contributed by atoms with Gasteiger partial charge in [-0.2, -0.15) is 0 Å². The smallest absolute Gasteiger partial charge is 0.119 e. The van der Waals surface area contributed by atoms with Crippen molar-refractivity contribution in [2.45, 2.75) is 18.9 Å².